The Morgan fingerprint density at radius 2 is 1.90 bits per heavy atom. The molecule has 20 heavy (non-hydrogen) atoms. The van der Waals surface area contributed by atoms with Crippen molar-refractivity contribution in [2.75, 3.05) is 0 Å². The van der Waals surface area contributed by atoms with Crippen LogP contribution in [-0.4, -0.2) is 14.4 Å². The van der Waals surface area contributed by atoms with E-state index in [2.05, 4.69) is 62.4 Å². The molecule has 0 saturated heterocycles. The van der Waals surface area contributed by atoms with Gasteiger partial charge in [-0.3, -0.25) is 4.40 Å². The molecule has 0 aliphatic rings. The standard InChI is InChI=1S/C15H15BrN4/c1-11-2-4-12(5-3-11)6-17-7-13-8-19-15-9-18-14(16)10-20(13)15/h2-5,8-10,17H,6-7H2,1H3. The van der Waals surface area contributed by atoms with Crippen LogP contribution in [0.15, 0.2) is 47.5 Å². The second-order valence-electron chi connectivity index (χ2n) is 4.78. The first-order valence-electron chi connectivity index (χ1n) is 6.46. The minimum absolute atomic E-state index is 0.769. The number of fused-ring (bicyclic) bond motifs is 1. The van der Waals surface area contributed by atoms with Gasteiger partial charge < -0.3 is 5.32 Å². The molecular weight excluding hydrogens is 316 g/mol. The van der Waals surface area contributed by atoms with Crippen LogP contribution in [0.2, 0.25) is 0 Å². The molecule has 3 aromatic rings. The van der Waals surface area contributed by atoms with Crippen LogP contribution in [-0.2, 0) is 13.1 Å². The molecule has 0 spiro atoms. The van der Waals surface area contributed by atoms with E-state index in [0.717, 1.165) is 29.0 Å². The number of benzene rings is 1. The number of hydrogen-bond acceptors (Lipinski definition) is 3. The zero-order valence-electron chi connectivity index (χ0n) is 11.2. The molecule has 0 unspecified atom stereocenters. The third-order valence-corrected chi connectivity index (χ3v) is 3.61. The molecule has 0 aliphatic carbocycles. The van der Waals surface area contributed by atoms with E-state index in [1.165, 1.54) is 11.1 Å². The number of halogens is 1. The fourth-order valence-electron chi connectivity index (χ4n) is 2.09. The summed E-state index contributed by atoms with van der Waals surface area (Å²) in [5.41, 5.74) is 4.55. The van der Waals surface area contributed by atoms with Gasteiger partial charge in [0.2, 0.25) is 0 Å². The summed E-state index contributed by atoms with van der Waals surface area (Å²) in [5, 5.41) is 3.44. The molecule has 1 aromatic carbocycles. The Labute approximate surface area is 126 Å². The van der Waals surface area contributed by atoms with E-state index in [0.29, 0.717) is 0 Å². The second kappa shape index (κ2) is 5.73. The Morgan fingerprint density at radius 1 is 1.10 bits per heavy atom. The Bertz CT molecular complexity index is 718. The number of nitrogens with zero attached hydrogens (tertiary/aromatic N) is 3. The Hall–Kier alpha value is -1.72. The minimum atomic E-state index is 0.769. The van der Waals surface area contributed by atoms with Gasteiger partial charge in [0.1, 0.15) is 4.60 Å². The van der Waals surface area contributed by atoms with Gasteiger partial charge in [-0.2, -0.15) is 0 Å². The highest BCUT2D eigenvalue weighted by molar-refractivity contribution is 9.10. The molecule has 0 fully saturated rings. The van der Waals surface area contributed by atoms with Crippen LogP contribution in [0, 0.1) is 6.92 Å². The summed E-state index contributed by atoms with van der Waals surface area (Å²) in [6.07, 6.45) is 5.57. The van der Waals surface area contributed by atoms with Gasteiger partial charge in [0.05, 0.1) is 18.1 Å². The summed E-state index contributed by atoms with van der Waals surface area (Å²) in [4.78, 5) is 8.51. The minimum Gasteiger partial charge on any atom is -0.307 e. The van der Waals surface area contributed by atoms with Crippen LogP contribution < -0.4 is 5.32 Å². The quantitative estimate of drug-likeness (QED) is 0.799. The van der Waals surface area contributed by atoms with E-state index < -0.39 is 0 Å². The highest BCUT2D eigenvalue weighted by Gasteiger charge is 2.03. The van der Waals surface area contributed by atoms with E-state index in [1.807, 2.05) is 16.8 Å². The van der Waals surface area contributed by atoms with E-state index >= 15 is 0 Å². The zero-order valence-corrected chi connectivity index (χ0v) is 12.8. The van der Waals surface area contributed by atoms with Gasteiger partial charge in [0.15, 0.2) is 5.65 Å². The lowest BCUT2D eigenvalue weighted by molar-refractivity contribution is 0.675. The van der Waals surface area contributed by atoms with Crippen molar-refractivity contribution >= 4 is 21.6 Å². The lowest BCUT2D eigenvalue weighted by atomic mass is 10.1. The number of aromatic nitrogens is 3. The fraction of sp³-hybridized carbons (Fsp3) is 0.200. The van der Waals surface area contributed by atoms with Crippen molar-refractivity contribution in [3.8, 4) is 0 Å². The Morgan fingerprint density at radius 3 is 2.70 bits per heavy atom. The van der Waals surface area contributed by atoms with Crippen LogP contribution in [0.4, 0.5) is 0 Å². The molecular formula is C15H15BrN4. The Balaban J connectivity index is 1.68. The second-order valence-corrected chi connectivity index (χ2v) is 5.59. The SMILES string of the molecule is Cc1ccc(CNCc2cnc3cnc(Br)cn23)cc1. The highest BCUT2D eigenvalue weighted by atomic mass is 79.9. The molecule has 2 aromatic heterocycles. The number of nitrogens with one attached hydrogen (secondary N) is 1. The molecule has 5 heteroatoms. The third-order valence-electron chi connectivity index (χ3n) is 3.20. The van der Waals surface area contributed by atoms with Crippen molar-refractivity contribution < 1.29 is 0 Å². The van der Waals surface area contributed by atoms with E-state index in [4.69, 9.17) is 0 Å². The maximum atomic E-state index is 4.34. The Kier molecular flexibility index (Phi) is 3.80. The molecule has 0 aliphatic heterocycles. The molecule has 2 heterocycles. The van der Waals surface area contributed by atoms with Gasteiger partial charge >= 0.3 is 0 Å². The molecule has 0 radical (unpaired) electrons. The van der Waals surface area contributed by atoms with Crippen LogP contribution in [0.1, 0.15) is 16.8 Å². The lowest BCUT2D eigenvalue weighted by Gasteiger charge is -2.05. The first kappa shape index (κ1) is 13.3. The van der Waals surface area contributed by atoms with Crippen molar-refractivity contribution in [2.24, 2.45) is 0 Å². The topological polar surface area (TPSA) is 42.2 Å². The van der Waals surface area contributed by atoms with E-state index in [-0.39, 0.29) is 0 Å². The summed E-state index contributed by atoms with van der Waals surface area (Å²) in [5.74, 6) is 0. The van der Waals surface area contributed by atoms with Crippen LogP contribution in [0.5, 0.6) is 0 Å². The van der Waals surface area contributed by atoms with Gasteiger partial charge in [-0.15, -0.1) is 0 Å². The molecule has 3 rings (SSSR count). The van der Waals surface area contributed by atoms with Crippen molar-refractivity contribution in [3.63, 3.8) is 0 Å². The van der Waals surface area contributed by atoms with Gasteiger partial charge in [-0.1, -0.05) is 29.8 Å². The lowest BCUT2D eigenvalue weighted by Crippen LogP contribution is -2.14. The first-order valence-corrected chi connectivity index (χ1v) is 7.25. The fourth-order valence-corrected chi connectivity index (χ4v) is 2.39. The summed E-state index contributed by atoms with van der Waals surface area (Å²) in [7, 11) is 0. The van der Waals surface area contributed by atoms with Crippen molar-refractivity contribution in [1.29, 1.82) is 0 Å². The predicted octanol–water partition coefficient (Wildman–Crippen LogP) is 3.09. The number of rotatable bonds is 4. The number of imidazole rings is 1. The summed E-state index contributed by atoms with van der Waals surface area (Å²) >= 11 is 3.38. The maximum absolute atomic E-state index is 4.34. The largest absolute Gasteiger partial charge is 0.307 e. The normalized spacial score (nSPS) is 11.1. The molecule has 0 bridgehead atoms. The predicted molar refractivity (Wildman–Crippen MR) is 82.4 cm³/mol. The molecule has 0 saturated carbocycles. The number of aryl methyl sites for hydroxylation is 1. The van der Waals surface area contributed by atoms with Crippen LogP contribution in [0.3, 0.4) is 0 Å². The average molecular weight is 331 g/mol. The zero-order chi connectivity index (χ0) is 13.9. The third kappa shape index (κ3) is 2.89. The first-order chi connectivity index (χ1) is 9.72. The molecule has 0 amide bonds. The average Bonchev–Trinajstić information content (AvgIpc) is 2.84. The van der Waals surface area contributed by atoms with Gasteiger partial charge in [0, 0.05) is 19.3 Å². The summed E-state index contributed by atoms with van der Waals surface area (Å²) in [6, 6.07) is 8.57. The van der Waals surface area contributed by atoms with Crippen molar-refractivity contribution in [3.05, 3.63) is 64.3 Å². The molecule has 0 atom stereocenters. The molecule has 1 N–H and O–H groups in total. The monoisotopic (exact) mass is 330 g/mol. The highest BCUT2D eigenvalue weighted by Crippen LogP contribution is 2.11. The van der Waals surface area contributed by atoms with Crippen LogP contribution in [0.25, 0.3) is 5.65 Å². The van der Waals surface area contributed by atoms with E-state index in [9.17, 15) is 0 Å². The van der Waals surface area contributed by atoms with Gasteiger partial charge in [0.25, 0.3) is 0 Å². The van der Waals surface area contributed by atoms with Crippen LogP contribution >= 0.6 is 15.9 Å². The molecule has 102 valence electrons. The maximum Gasteiger partial charge on any atom is 0.155 e. The summed E-state index contributed by atoms with van der Waals surface area (Å²) in [6.45, 7) is 3.72. The smallest absolute Gasteiger partial charge is 0.155 e. The van der Waals surface area contributed by atoms with Crippen molar-refractivity contribution in [2.45, 2.75) is 20.0 Å². The number of hydrogen-bond donors (Lipinski definition) is 1. The van der Waals surface area contributed by atoms with E-state index in [1.54, 1.807) is 6.20 Å². The van der Waals surface area contributed by atoms with Gasteiger partial charge in [-0.25, -0.2) is 9.97 Å². The van der Waals surface area contributed by atoms with Crippen molar-refractivity contribution in [1.82, 2.24) is 19.7 Å². The molecule has 4 nitrogen and oxygen atoms in total. The summed E-state index contributed by atoms with van der Waals surface area (Å²) < 4.78 is 2.85. The van der Waals surface area contributed by atoms with Gasteiger partial charge in [-0.05, 0) is 28.4 Å².